The molecule has 0 radical (unpaired) electrons. The predicted molar refractivity (Wildman–Crippen MR) is 97.7 cm³/mol. The van der Waals surface area contributed by atoms with Crippen LogP contribution in [-0.4, -0.2) is 29.9 Å². The van der Waals surface area contributed by atoms with E-state index >= 15 is 0 Å². The molecule has 0 unspecified atom stereocenters. The van der Waals surface area contributed by atoms with E-state index in [0.717, 1.165) is 22.2 Å². The Morgan fingerprint density at radius 3 is 2.67 bits per heavy atom. The maximum Gasteiger partial charge on any atom is 0.248 e. The number of nitrogens with zero attached hydrogens (tertiary/aromatic N) is 5. The Kier molecular flexibility index (Phi) is 2.73. The van der Waals surface area contributed by atoms with E-state index in [-0.39, 0.29) is 0 Å². The van der Waals surface area contributed by atoms with E-state index in [0.29, 0.717) is 34.4 Å². The van der Waals surface area contributed by atoms with Crippen molar-refractivity contribution in [2.45, 2.75) is 0 Å². The molecular formula is C19H10N6O2. The highest BCUT2D eigenvalue weighted by molar-refractivity contribution is 5.80. The van der Waals surface area contributed by atoms with Crippen LogP contribution in [0.15, 0.2) is 63.8 Å². The van der Waals surface area contributed by atoms with E-state index < -0.39 is 0 Å². The third-order valence-electron chi connectivity index (χ3n) is 4.29. The molecule has 0 amide bonds. The van der Waals surface area contributed by atoms with Gasteiger partial charge in [0, 0.05) is 6.20 Å². The first-order valence-electron chi connectivity index (χ1n) is 8.26. The van der Waals surface area contributed by atoms with Gasteiger partial charge in [-0.1, -0.05) is 12.1 Å². The molecule has 8 heteroatoms. The van der Waals surface area contributed by atoms with Crippen molar-refractivity contribution < 1.29 is 8.83 Å². The molecule has 0 aliphatic heterocycles. The summed E-state index contributed by atoms with van der Waals surface area (Å²) in [6.07, 6.45) is 3.26. The number of rotatable bonds is 2. The van der Waals surface area contributed by atoms with E-state index in [4.69, 9.17) is 8.83 Å². The molecule has 0 spiro atoms. The highest BCUT2D eigenvalue weighted by Crippen LogP contribution is 2.28. The molecule has 0 aliphatic rings. The van der Waals surface area contributed by atoms with Crippen molar-refractivity contribution in [2.75, 3.05) is 0 Å². The van der Waals surface area contributed by atoms with Crippen molar-refractivity contribution in [3.8, 4) is 23.0 Å². The largest absolute Gasteiger partial charge is 0.436 e. The molecule has 5 heterocycles. The van der Waals surface area contributed by atoms with Crippen LogP contribution in [0.3, 0.4) is 0 Å². The van der Waals surface area contributed by atoms with Gasteiger partial charge in [0.15, 0.2) is 11.2 Å². The molecule has 128 valence electrons. The molecule has 0 atom stereocenters. The van der Waals surface area contributed by atoms with Crippen LogP contribution < -0.4 is 0 Å². The Labute approximate surface area is 150 Å². The summed E-state index contributed by atoms with van der Waals surface area (Å²) in [4.78, 5) is 25.0. The summed E-state index contributed by atoms with van der Waals surface area (Å²) in [6.45, 7) is 0. The zero-order valence-electron chi connectivity index (χ0n) is 13.7. The van der Waals surface area contributed by atoms with Crippen LogP contribution in [0.4, 0.5) is 0 Å². The number of para-hydroxylation sites is 2. The van der Waals surface area contributed by atoms with Crippen molar-refractivity contribution in [1.82, 2.24) is 29.9 Å². The molecule has 0 saturated carbocycles. The van der Waals surface area contributed by atoms with Crippen LogP contribution in [0.5, 0.6) is 0 Å². The summed E-state index contributed by atoms with van der Waals surface area (Å²) in [5.74, 6) is 0.885. The van der Waals surface area contributed by atoms with E-state index in [1.165, 1.54) is 0 Å². The van der Waals surface area contributed by atoms with Crippen LogP contribution in [-0.2, 0) is 0 Å². The second-order valence-corrected chi connectivity index (χ2v) is 6.02. The summed E-state index contributed by atoms with van der Waals surface area (Å²) >= 11 is 0. The second kappa shape index (κ2) is 5.21. The van der Waals surface area contributed by atoms with Gasteiger partial charge in [0.1, 0.15) is 22.2 Å². The molecule has 1 N–H and O–H groups in total. The number of benzene rings is 1. The lowest BCUT2D eigenvalue weighted by Gasteiger charge is -1.93. The number of aromatic nitrogens is 6. The maximum atomic E-state index is 5.80. The van der Waals surface area contributed by atoms with Crippen molar-refractivity contribution in [3.63, 3.8) is 0 Å². The lowest BCUT2D eigenvalue weighted by atomic mass is 10.3. The quantitative estimate of drug-likeness (QED) is 0.501. The Morgan fingerprint density at radius 1 is 0.778 bits per heavy atom. The number of H-pyrrole nitrogens is 1. The third-order valence-corrected chi connectivity index (χ3v) is 4.29. The number of nitrogens with one attached hydrogen (secondary N) is 1. The molecule has 6 rings (SSSR count). The molecule has 0 bridgehead atoms. The zero-order chi connectivity index (χ0) is 17.8. The van der Waals surface area contributed by atoms with Crippen molar-refractivity contribution in [3.05, 3.63) is 55.0 Å². The van der Waals surface area contributed by atoms with Crippen LogP contribution in [0.25, 0.3) is 56.5 Å². The molecule has 5 aromatic heterocycles. The average molecular weight is 354 g/mol. The minimum atomic E-state index is 0.392. The van der Waals surface area contributed by atoms with Crippen molar-refractivity contribution >= 4 is 33.5 Å². The van der Waals surface area contributed by atoms with Gasteiger partial charge < -0.3 is 13.8 Å². The van der Waals surface area contributed by atoms with Gasteiger partial charge in [-0.2, -0.15) is 0 Å². The monoisotopic (exact) mass is 354 g/mol. The van der Waals surface area contributed by atoms with Gasteiger partial charge in [0.05, 0.1) is 11.9 Å². The summed E-state index contributed by atoms with van der Waals surface area (Å²) in [5, 5.41) is 0. The molecule has 1 aromatic carbocycles. The summed E-state index contributed by atoms with van der Waals surface area (Å²) in [5.41, 5.74) is 5.36. The Balaban J connectivity index is 1.46. The topological polar surface area (TPSA) is 107 Å². The third kappa shape index (κ3) is 2.20. The van der Waals surface area contributed by atoms with Gasteiger partial charge in [-0.25, -0.2) is 24.9 Å². The predicted octanol–water partition coefficient (Wildman–Crippen LogP) is 3.97. The van der Waals surface area contributed by atoms with Crippen molar-refractivity contribution in [2.24, 2.45) is 0 Å². The smallest absolute Gasteiger partial charge is 0.248 e. The van der Waals surface area contributed by atoms with E-state index in [2.05, 4.69) is 29.9 Å². The highest BCUT2D eigenvalue weighted by Gasteiger charge is 2.15. The minimum absolute atomic E-state index is 0.392. The fourth-order valence-electron chi connectivity index (χ4n) is 2.99. The molecule has 6 aromatic rings. The first kappa shape index (κ1) is 14.1. The molecule has 0 fully saturated rings. The summed E-state index contributed by atoms with van der Waals surface area (Å²) in [7, 11) is 0. The van der Waals surface area contributed by atoms with Gasteiger partial charge in [0.2, 0.25) is 17.5 Å². The molecule has 0 saturated heterocycles. The van der Waals surface area contributed by atoms with Gasteiger partial charge in [-0.15, -0.1) is 0 Å². The summed E-state index contributed by atoms with van der Waals surface area (Å²) < 4.78 is 11.6. The van der Waals surface area contributed by atoms with Gasteiger partial charge in [-0.05, 0) is 30.3 Å². The van der Waals surface area contributed by atoms with E-state index in [1.807, 2.05) is 42.5 Å². The van der Waals surface area contributed by atoms with Crippen LogP contribution >= 0.6 is 0 Å². The van der Waals surface area contributed by atoms with Crippen molar-refractivity contribution in [1.29, 1.82) is 0 Å². The standard InChI is InChI=1S/C19H10N6O2/c1-2-4-15-11(3-1)24-17(26-15)10-7-14-18(20-8-10)27-19(25-14)13-6-5-12-16(23-13)22-9-21-12/h1-9H,(H,21,22,23). The first-order chi connectivity index (χ1) is 13.3. The number of hydrogen-bond donors (Lipinski definition) is 1. The highest BCUT2D eigenvalue weighted by atomic mass is 16.4. The van der Waals surface area contributed by atoms with Gasteiger partial charge in [0.25, 0.3) is 0 Å². The van der Waals surface area contributed by atoms with Gasteiger partial charge in [-0.3, -0.25) is 0 Å². The number of pyridine rings is 2. The molecule has 27 heavy (non-hydrogen) atoms. The number of fused-ring (bicyclic) bond motifs is 3. The molecule has 0 aliphatic carbocycles. The van der Waals surface area contributed by atoms with Crippen LogP contribution in [0.1, 0.15) is 0 Å². The fraction of sp³-hybridized carbons (Fsp3) is 0. The second-order valence-electron chi connectivity index (χ2n) is 6.02. The Morgan fingerprint density at radius 2 is 1.70 bits per heavy atom. The number of hydrogen-bond acceptors (Lipinski definition) is 7. The van der Waals surface area contributed by atoms with E-state index in [1.54, 1.807) is 12.5 Å². The molecular weight excluding hydrogens is 344 g/mol. The number of aromatic amines is 1. The Hall–Kier alpha value is -4.07. The maximum absolute atomic E-state index is 5.80. The fourth-order valence-corrected chi connectivity index (χ4v) is 2.99. The summed E-state index contributed by atoms with van der Waals surface area (Å²) in [6, 6.07) is 13.1. The lowest BCUT2D eigenvalue weighted by molar-refractivity contribution is 0.604. The molecule has 8 nitrogen and oxygen atoms in total. The number of oxazole rings is 2. The number of imidazole rings is 1. The minimum Gasteiger partial charge on any atom is -0.436 e. The normalized spacial score (nSPS) is 11.7. The first-order valence-corrected chi connectivity index (χ1v) is 8.26. The lowest BCUT2D eigenvalue weighted by Crippen LogP contribution is -1.84. The van der Waals surface area contributed by atoms with Gasteiger partial charge >= 0.3 is 0 Å². The van der Waals surface area contributed by atoms with Crippen LogP contribution in [0.2, 0.25) is 0 Å². The van der Waals surface area contributed by atoms with Crippen LogP contribution in [0, 0.1) is 0 Å². The SMILES string of the molecule is c1ccc2oc(-c3cnc4oc(-c5ccc6nc[nH]c6n5)nc4c3)nc2c1. The van der Waals surface area contributed by atoms with E-state index in [9.17, 15) is 0 Å². The zero-order valence-corrected chi connectivity index (χ0v) is 13.7. The Bertz CT molecular complexity index is 1410. The average Bonchev–Trinajstić information content (AvgIpc) is 3.42.